The molecule has 0 spiro atoms. The first kappa shape index (κ1) is 23.9. The van der Waals surface area contributed by atoms with Crippen LogP contribution in [-0.2, 0) is 16.2 Å². The second kappa shape index (κ2) is 8.84. The van der Waals surface area contributed by atoms with Gasteiger partial charge in [0, 0.05) is 16.1 Å². The van der Waals surface area contributed by atoms with Gasteiger partial charge in [-0.25, -0.2) is 13.4 Å². The molecule has 1 aromatic heterocycles. The smallest absolute Gasteiger partial charge is 0.416 e. The van der Waals surface area contributed by atoms with Crippen LogP contribution < -0.4 is 9.46 Å². The molecule has 0 aliphatic heterocycles. The summed E-state index contributed by atoms with van der Waals surface area (Å²) >= 11 is 19.1. The lowest BCUT2D eigenvalue weighted by molar-refractivity contribution is -0.137. The van der Waals surface area contributed by atoms with Crippen LogP contribution in [0.3, 0.4) is 0 Å². The van der Waals surface area contributed by atoms with Crippen LogP contribution in [0, 0.1) is 0 Å². The molecule has 33 heavy (non-hydrogen) atoms. The van der Waals surface area contributed by atoms with Crippen LogP contribution in [0.15, 0.2) is 59.5 Å². The molecule has 0 fully saturated rings. The van der Waals surface area contributed by atoms with Gasteiger partial charge in [-0.3, -0.25) is 4.72 Å². The van der Waals surface area contributed by atoms with Crippen molar-refractivity contribution in [3.05, 3.63) is 75.2 Å². The van der Waals surface area contributed by atoms with E-state index in [0.717, 1.165) is 10.8 Å². The number of fused-ring (bicyclic) bond motifs is 1. The summed E-state index contributed by atoms with van der Waals surface area (Å²) in [6.07, 6.45) is -4.66. The number of hydrogen-bond donors (Lipinski definition) is 1. The lowest BCUT2D eigenvalue weighted by Gasteiger charge is -2.13. The van der Waals surface area contributed by atoms with Crippen molar-refractivity contribution >= 4 is 72.1 Å². The van der Waals surface area contributed by atoms with E-state index < -0.39 is 31.7 Å². The Morgan fingerprint density at radius 1 is 0.939 bits per heavy atom. The number of nitrogens with one attached hydrogen (secondary N) is 1. The zero-order valence-corrected chi connectivity index (χ0v) is 19.9. The maximum absolute atomic E-state index is 12.8. The summed E-state index contributed by atoms with van der Waals surface area (Å²) in [6, 6.07) is 11.2. The number of nitrogens with zero attached hydrogens (tertiary/aromatic N) is 1. The Bertz CT molecular complexity index is 1470. The molecule has 0 amide bonds. The predicted octanol–water partition coefficient (Wildman–Crippen LogP) is 7.87. The van der Waals surface area contributed by atoms with Crippen molar-refractivity contribution in [2.24, 2.45) is 0 Å². The largest absolute Gasteiger partial charge is 0.431 e. The van der Waals surface area contributed by atoms with Crippen LogP contribution in [0.5, 0.6) is 10.9 Å². The van der Waals surface area contributed by atoms with E-state index >= 15 is 0 Å². The fourth-order valence-corrected chi connectivity index (χ4v) is 5.60. The topological polar surface area (TPSA) is 68.3 Å². The van der Waals surface area contributed by atoms with Gasteiger partial charge in [0.25, 0.3) is 15.2 Å². The summed E-state index contributed by atoms with van der Waals surface area (Å²) in [7, 11) is -4.33. The van der Waals surface area contributed by atoms with Gasteiger partial charge in [-0.15, -0.1) is 0 Å². The van der Waals surface area contributed by atoms with Crippen molar-refractivity contribution in [3.8, 4) is 10.9 Å². The van der Waals surface area contributed by atoms with Crippen molar-refractivity contribution in [3.63, 3.8) is 0 Å². The predicted molar refractivity (Wildman–Crippen MR) is 123 cm³/mol. The van der Waals surface area contributed by atoms with Gasteiger partial charge in [0.1, 0.15) is 10.6 Å². The number of benzene rings is 3. The molecule has 3 aromatic carbocycles. The quantitative estimate of drug-likeness (QED) is 0.273. The average Bonchev–Trinajstić information content (AvgIpc) is 3.07. The Hall–Kier alpha value is -2.24. The van der Waals surface area contributed by atoms with Crippen molar-refractivity contribution in [1.29, 1.82) is 0 Å². The Labute approximate surface area is 204 Å². The van der Waals surface area contributed by atoms with E-state index in [1.165, 1.54) is 29.5 Å². The normalized spacial score (nSPS) is 12.2. The molecule has 4 rings (SSSR count). The number of thiazole rings is 1. The van der Waals surface area contributed by atoms with E-state index in [-0.39, 0.29) is 21.7 Å². The van der Waals surface area contributed by atoms with Crippen molar-refractivity contribution < 1.29 is 26.3 Å². The maximum atomic E-state index is 12.8. The van der Waals surface area contributed by atoms with Crippen LogP contribution >= 0.6 is 46.1 Å². The highest BCUT2D eigenvalue weighted by Gasteiger charge is 2.32. The minimum Gasteiger partial charge on any atom is -0.431 e. The third kappa shape index (κ3) is 5.47. The third-order valence-corrected chi connectivity index (χ3v) is 7.44. The van der Waals surface area contributed by atoms with E-state index in [1.807, 2.05) is 0 Å². The molecule has 13 heteroatoms. The summed E-state index contributed by atoms with van der Waals surface area (Å²) in [4.78, 5) is 3.79. The molecule has 1 N–H and O–H groups in total. The average molecular weight is 554 g/mol. The SMILES string of the molecule is O=S(=O)(Nc1cc(Cl)cc(Oc2nc3cc(Cl)ccc3s2)c1)c1ccc(C(F)(F)F)cc1Cl. The maximum Gasteiger partial charge on any atom is 0.416 e. The molecule has 0 aliphatic rings. The standard InChI is InChI=1S/C20H10Cl3F3N2O3S2/c21-11-2-3-17-16(8-11)27-19(32-17)31-14-7-12(22)6-13(9-14)28-33(29,30)18-4-1-10(5-15(18)23)20(24,25)26/h1-9,28H. The highest BCUT2D eigenvalue weighted by molar-refractivity contribution is 7.92. The van der Waals surface area contributed by atoms with Crippen LogP contribution in [0.2, 0.25) is 15.1 Å². The number of alkyl halides is 3. The van der Waals surface area contributed by atoms with Gasteiger partial charge in [0.2, 0.25) is 0 Å². The Morgan fingerprint density at radius 2 is 1.70 bits per heavy atom. The molecule has 0 radical (unpaired) electrons. The first-order valence-corrected chi connectivity index (χ1v) is 12.3. The van der Waals surface area contributed by atoms with Crippen molar-refractivity contribution in [1.82, 2.24) is 4.98 Å². The summed E-state index contributed by atoms with van der Waals surface area (Å²) in [5.74, 6) is 0.184. The van der Waals surface area contributed by atoms with Crippen molar-refractivity contribution in [2.75, 3.05) is 4.72 Å². The lowest BCUT2D eigenvalue weighted by atomic mass is 10.2. The van der Waals surface area contributed by atoms with Crippen molar-refractivity contribution in [2.45, 2.75) is 11.1 Å². The fraction of sp³-hybridized carbons (Fsp3) is 0.0500. The minimum atomic E-state index is -4.66. The second-order valence-electron chi connectivity index (χ2n) is 6.62. The molecule has 5 nitrogen and oxygen atoms in total. The van der Waals surface area contributed by atoms with E-state index in [1.54, 1.807) is 18.2 Å². The molecule has 0 saturated heterocycles. The van der Waals surface area contributed by atoms with Gasteiger partial charge in [-0.2, -0.15) is 13.2 Å². The summed E-state index contributed by atoms with van der Waals surface area (Å²) in [6.45, 7) is 0. The summed E-state index contributed by atoms with van der Waals surface area (Å²) < 4.78 is 72.8. The molecule has 0 unspecified atom stereocenters. The summed E-state index contributed by atoms with van der Waals surface area (Å²) in [5.41, 5.74) is -0.429. The first-order chi connectivity index (χ1) is 15.4. The van der Waals surface area contributed by atoms with Gasteiger partial charge >= 0.3 is 6.18 Å². The number of sulfonamides is 1. The third-order valence-electron chi connectivity index (χ3n) is 4.21. The highest BCUT2D eigenvalue weighted by atomic mass is 35.5. The zero-order valence-electron chi connectivity index (χ0n) is 16.0. The molecular weight excluding hydrogens is 544 g/mol. The number of hydrogen-bond acceptors (Lipinski definition) is 5. The Kier molecular flexibility index (Phi) is 6.41. The van der Waals surface area contributed by atoms with Crippen LogP contribution in [0.4, 0.5) is 18.9 Å². The monoisotopic (exact) mass is 552 g/mol. The van der Waals surface area contributed by atoms with Gasteiger partial charge in [0.05, 0.1) is 26.5 Å². The molecule has 4 aromatic rings. The summed E-state index contributed by atoms with van der Waals surface area (Å²) in [5, 5.41) is 0.353. The number of anilines is 1. The Balaban J connectivity index is 1.61. The molecular formula is C20H10Cl3F3N2O3S2. The molecule has 172 valence electrons. The number of halogens is 6. The second-order valence-corrected chi connectivity index (χ2v) is 10.5. The van der Waals surface area contributed by atoms with Gasteiger partial charge in [-0.05, 0) is 48.5 Å². The van der Waals surface area contributed by atoms with Gasteiger partial charge in [-0.1, -0.05) is 46.1 Å². The van der Waals surface area contributed by atoms with E-state index in [9.17, 15) is 21.6 Å². The minimum absolute atomic E-state index is 0.0117. The highest BCUT2D eigenvalue weighted by Crippen LogP contribution is 2.36. The number of ether oxygens (including phenoxy) is 1. The molecule has 0 bridgehead atoms. The van der Waals surface area contributed by atoms with Crippen LogP contribution in [0.25, 0.3) is 10.2 Å². The fourth-order valence-electron chi connectivity index (χ4n) is 2.81. The Morgan fingerprint density at radius 3 is 2.39 bits per heavy atom. The number of aromatic nitrogens is 1. The number of rotatable bonds is 5. The first-order valence-electron chi connectivity index (χ1n) is 8.85. The van der Waals surface area contributed by atoms with E-state index in [0.29, 0.717) is 22.7 Å². The lowest BCUT2D eigenvalue weighted by Crippen LogP contribution is -2.14. The molecule has 1 heterocycles. The molecule has 0 saturated carbocycles. The molecule has 0 atom stereocenters. The van der Waals surface area contributed by atoms with Gasteiger partial charge in [0.15, 0.2) is 0 Å². The van der Waals surface area contributed by atoms with Gasteiger partial charge < -0.3 is 4.74 Å². The van der Waals surface area contributed by atoms with Crippen LogP contribution in [0.1, 0.15) is 5.56 Å². The zero-order chi connectivity index (χ0) is 24.0. The van der Waals surface area contributed by atoms with Crippen LogP contribution in [-0.4, -0.2) is 13.4 Å². The van der Waals surface area contributed by atoms with E-state index in [4.69, 9.17) is 39.5 Å². The molecule has 0 aliphatic carbocycles. The van der Waals surface area contributed by atoms with E-state index in [2.05, 4.69) is 9.71 Å².